The van der Waals surface area contributed by atoms with E-state index in [2.05, 4.69) is 5.32 Å². The summed E-state index contributed by atoms with van der Waals surface area (Å²) in [7, 11) is 0. The lowest BCUT2D eigenvalue weighted by Crippen LogP contribution is -2.25. The topological polar surface area (TPSA) is 12.0 Å². The number of nitrogens with one attached hydrogen (secondary N) is 1. The SMILES string of the molecule is C1CNC2CCC(C1)C2. The minimum atomic E-state index is 0.900. The van der Waals surface area contributed by atoms with Gasteiger partial charge in [-0.1, -0.05) is 0 Å². The van der Waals surface area contributed by atoms with Gasteiger partial charge in [0.1, 0.15) is 0 Å². The molecule has 1 heterocycles. The Labute approximate surface area is 56.8 Å². The molecule has 2 fully saturated rings. The summed E-state index contributed by atoms with van der Waals surface area (Å²) < 4.78 is 0. The Morgan fingerprint density at radius 2 is 2.11 bits per heavy atom. The highest BCUT2D eigenvalue weighted by atomic mass is 14.9. The van der Waals surface area contributed by atoms with Crippen molar-refractivity contribution in [1.82, 2.24) is 5.32 Å². The maximum absolute atomic E-state index is 3.57. The van der Waals surface area contributed by atoms with Gasteiger partial charge in [0.25, 0.3) is 0 Å². The predicted octanol–water partition coefficient (Wildman–Crippen LogP) is 1.54. The summed E-state index contributed by atoms with van der Waals surface area (Å²) in [6.45, 7) is 1.28. The van der Waals surface area contributed by atoms with Gasteiger partial charge in [-0.2, -0.15) is 0 Å². The predicted molar refractivity (Wildman–Crippen MR) is 38.4 cm³/mol. The van der Waals surface area contributed by atoms with E-state index in [-0.39, 0.29) is 0 Å². The van der Waals surface area contributed by atoms with Crippen molar-refractivity contribution in [1.29, 1.82) is 0 Å². The molecule has 2 atom stereocenters. The molecule has 0 amide bonds. The highest BCUT2D eigenvalue weighted by molar-refractivity contribution is 4.83. The van der Waals surface area contributed by atoms with Crippen LogP contribution in [0.15, 0.2) is 0 Å². The molecule has 1 N–H and O–H groups in total. The van der Waals surface area contributed by atoms with Crippen molar-refractivity contribution in [3.63, 3.8) is 0 Å². The smallest absolute Gasteiger partial charge is 0.00698 e. The zero-order valence-corrected chi connectivity index (χ0v) is 5.90. The lowest BCUT2D eigenvalue weighted by Gasteiger charge is -2.08. The van der Waals surface area contributed by atoms with Crippen LogP contribution in [0.3, 0.4) is 0 Å². The summed E-state index contributed by atoms with van der Waals surface area (Å²) in [5.41, 5.74) is 0. The highest BCUT2D eigenvalue weighted by Crippen LogP contribution is 2.30. The van der Waals surface area contributed by atoms with Crippen molar-refractivity contribution in [2.75, 3.05) is 6.54 Å². The largest absolute Gasteiger partial charge is 0.314 e. The van der Waals surface area contributed by atoms with Crippen LogP contribution in [0.5, 0.6) is 0 Å². The molecule has 1 aliphatic heterocycles. The van der Waals surface area contributed by atoms with E-state index in [1.165, 1.54) is 38.6 Å². The van der Waals surface area contributed by atoms with Crippen molar-refractivity contribution in [3.05, 3.63) is 0 Å². The van der Waals surface area contributed by atoms with E-state index in [0.29, 0.717) is 0 Å². The standard InChI is InChI=1S/C8H15N/c1-2-7-3-4-8(6-7)9-5-1/h7-9H,1-6H2. The fourth-order valence-corrected chi connectivity index (χ4v) is 2.22. The quantitative estimate of drug-likeness (QED) is 0.518. The summed E-state index contributed by atoms with van der Waals surface area (Å²) >= 11 is 0. The van der Waals surface area contributed by atoms with Crippen LogP contribution in [0.1, 0.15) is 32.1 Å². The van der Waals surface area contributed by atoms with E-state index in [1.54, 1.807) is 0 Å². The molecule has 0 aromatic rings. The first-order valence-corrected chi connectivity index (χ1v) is 4.18. The van der Waals surface area contributed by atoms with Crippen LogP contribution in [0, 0.1) is 5.92 Å². The molecule has 52 valence electrons. The fourth-order valence-electron chi connectivity index (χ4n) is 2.22. The number of hydrogen-bond acceptors (Lipinski definition) is 1. The lowest BCUT2D eigenvalue weighted by atomic mass is 10.0. The van der Waals surface area contributed by atoms with Gasteiger partial charge in [0.05, 0.1) is 0 Å². The van der Waals surface area contributed by atoms with E-state index in [1.807, 2.05) is 0 Å². The van der Waals surface area contributed by atoms with Crippen LogP contribution in [-0.2, 0) is 0 Å². The Bertz CT molecular complexity index is 88.7. The van der Waals surface area contributed by atoms with E-state index in [0.717, 1.165) is 12.0 Å². The molecule has 1 saturated carbocycles. The average molecular weight is 125 g/mol. The Morgan fingerprint density at radius 1 is 1.11 bits per heavy atom. The third-order valence-electron chi connectivity index (χ3n) is 2.76. The second kappa shape index (κ2) is 2.30. The molecule has 0 spiro atoms. The fraction of sp³-hybridized carbons (Fsp3) is 1.00. The van der Waals surface area contributed by atoms with Crippen LogP contribution in [0.2, 0.25) is 0 Å². The Morgan fingerprint density at radius 3 is 3.11 bits per heavy atom. The Kier molecular flexibility index (Phi) is 1.46. The third-order valence-corrected chi connectivity index (χ3v) is 2.76. The first-order chi connectivity index (χ1) is 4.45. The molecule has 1 heteroatoms. The molecule has 0 aromatic carbocycles. The molecule has 1 nitrogen and oxygen atoms in total. The second-order valence-corrected chi connectivity index (χ2v) is 3.47. The summed E-state index contributed by atoms with van der Waals surface area (Å²) in [6.07, 6.45) is 7.33. The normalized spacial score (nSPS) is 42.7. The summed E-state index contributed by atoms with van der Waals surface area (Å²) in [6, 6.07) is 0.900. The summed E-state index contributed by atoms with van der Waals surface area (Å²) in [4.78, 5) is 0. The van der Waals surface area contributed by atoms with Gasteiger partial charge < -0.3 is 5.32 Å². The zero-order valence-electron chi connectivity index (χ0n) is 5.90. The van der Waals surface area contributed by atoms with Crippen LogP contribution in [-0.4, -0.2) is 12.6 Å². The van der Waals surface area contributed by atoms with Crippen molar-refractivity contribution in [2.24, 2.45) is 5.92 Å². The van der Waals surface area contributed by atoms with Crippen molar-refractivity contribution in [2.45, 2.75) is 38.1 Å². The van der Waals surface area contributed by atoms with Gasteiger partial charge in [-0.05, 0) is 44.6 Å². The molecule has 0 aromatic heterocycles. The molecular weight excluding hydrogens is 110 g/mol. The minimum Gasteiger partial charge on any atom is -0.314 e. The lowest BCUT2D eigenvalue weighted by molar-refractivity contribution is 0.496. The van der Waals surface area contributed by atoms with Crippen LogP contribution in [0.4, 0.5) is 0 Å². The molecule has 2 rings (SSSR count). The molecular formula is C8H15N. The zero-order chi connectivity index (χ0) is 6.10. The molecule has 1 saturated heterocycles. The van der Waals surface area contributed by atoms with Gasteiger partial charge in [0, 0.05) is 6.04 Å². The Balaban J connectivity index is 1.99. The van der Waals surface area contributed by atoms with Crippen LogP contribution in [0.25, 0.3) is 0 Å². The third kappa shape index (κ3) is 1.11. The molecule has 0 radical (unpaired) electrons. The monoisotopic (exact) mass is 125 g/mol. The van der Waals surface area contributed by atoms with E-state index in [9.17, 15) is 0 Å². The molecule has 2 bridgehead atoms. The first kappa shape index (κ1) is 5.72. The van der Waals surface area contributed by atoms with E-state index >= 15 is 0 Å². The van der Waals surface area contributed by atoms with E-state index in [4.69, 9.17) is 0 Å². The van der Waals surface area contributed by atoms with E-state index < -0.39 is 0 Å². The number of rotatable bonds is 0. The highest BCUT2D eigenvalue weighted by Gasteiger charge is 2.25. The van der Waals surface area contributed by atoms with Gasteiger partial charge >= 0.3 is 0 Å². The maximum Gasteiger partial charge on any atom is 0.00698 e. The molecule has 9 heavy (non-hydrogen) atoms. The van der Waals surface area contributed by atoms with Crippen LogP contribution >= 0.6 is 0 Å². The van der Waals surface area contributed by atoms with Gasteiger partial charge in [-0.25, -0.2) is 0 Å². The maximum atomic E-state index is 3.57. The average Bonchev–Trinajstić information content (AvgIpc) is 2.09. The number of fused-ring (bicyclic) bond motifs is 2. The van der Waals surface area contributed by atoms with Crippen molar-refractivity contribution < 1.29 is 0 Å². The van der Waals surface area contributed by atoms with Crippen LogP contribution < -0.4 is 5.32 Å². The van der Waals surface area contributed by atoms with Gasteiger partial charge in [-0.3, -0.25) is 0 Å². The first-order valence-electron chi connectivity index (χ1n) is 4.18. The Hall–Kier alpha value is -0.0400. The minimum absolute atomic E-state index is 0.900. The second-order valence-electron chi connectivity index (χ2n) is 3.47. The van der Waals surface area contributed by atoms with Crippen molar-refractivity contribution >= 4 is 0 Å². The van der Waals surface area contributed by atoms with Crippen molar-refractivity contribution in [3.8, 4) is 0 Å². The summed E-state index contributed by atoms with van der Waals surface area (Å²) in [5.74, 6) is 1.09. The van der Waals surface area contributed by atoms with Gasteiger partial charge in [-0.15, -0.1) is 0 Å². The molecule has 2 aliphatic rings. The summed E-state index contributed by atoms with van der Waals surface area (Å²) in [5, 5.41) is 3.57. The van der Waals surface area contributed by atoms with Gasteiger partial charge in [0.2, 0.25) is 0 Å². The molecule has 2 unspecified atom stereocenters. The number of hydrogen-bond donors (Lipinski definition) is 1. The molecule has 1 aliphatic carbocycles. The van der Waals surface area contributed by atoms with Gasteiger partial charge in [0.15, 0.2) is 0 Å².